The van der Waals surface area contributed by atoms with Gasteiger partial charge in [-0.2, -0.15) is 4.98 Å². The summed E-state index contributed by atoms with van der Waals surface area (Å²) in [5.74, 6) is 0.275. The number of rotatable bonds is 2. The van der Waals surface area contributed by atoms with Crippen LogP contribution in [-0.4, -0.2) is 58.2 Å². The van der Waals surface area contributed by atoms with Crippen LogP contribution in [-0.2, 0) is 0 Å². The van der Waals surface area contributed by atoms with Gasteiger partial charge in [0.15, 0.2) is 0 Å². The molecule has 0 unspecified atom stereocenters. The standard InChI is InChI=1S/C8H14N4O2.Na/c1-5(2)12-7(13)9-6(11(3)4)10-8(12)14;/h5H,1-4H3,(H,9,10,13,14);. The molecule has 0 aliphatic rings. The fraction of sp³-hybridized carbons (Fsp3) is 0.625. The first-order valence-electron chi connectivity index (χ1n) is 4.33. The van der Waals surface area contributed by atoms with E-state index >= 15 is 0 Å². The molecule has 0 amide bonds. The number of hydrogen-bond acceptors (Lipinski definition) is 4. The maximum absolute atomic E-state index is 11.4. The first-order chi connectivity index (χ1) is 6.43. The summed E-state index contributed by atoms with van der Waals surface area (Å²) < 4.78 is 1.08. The van der Waals surface area contributed by atoms with Crippen molar-refractivity contribution in [2.75, 3.05) is 19.0 Å². The van der Waals surface area contributed by atoms with Crippen LogP contribution in [0.4, 0.5) is 5.95 Å². The molecule has 0 bridgehead atoms. The minimum atomic E-state index is -0.521. The Morgan fingerprint density at radius 3 is 2.20 bits per heavy atom. The Hall–Kier alpha value is -0.590. The van der Waals surface area contributed by atoms with E-state index in [9.17, 15) is 9.59 Å². The van der Waals surface area contributed by atoms with Crippen molar-refractivity contribution in [1.29, 1.82) is 0 Å². The van der Waals surface area contributed by atoms with Gasteiger partial charge < -0.3 is 4.90 Å². The molecule has 0 aliphatic heterocycles. The van der Waals surface area contributed by atoms with Crippen molar-refractivity contribution in [1.82, 2.24) is 14.5 Å². The molecule has 15 heavy (non-hydrogen) atoms. The molecule has 79 valence electrons. The number of H-pyrrole nitrogens is 1. The largest absolute Gasteiger partial charge is 0.355 e. The zero-order chi connectivity index (χ0) is 10.9. The Morgan fingerprint density at radius 1 is 1.33 bits per heavy atom. The van der Waals surface area contributed by atoms with Crippen LogP contribution in [0.15, 0.2) is 9.59 Å². The maximum Gasteiger partial charge on any atom is 0.355 e. The third-order valence-corrected chi connectivity index (χ3v) is 1.79. The summed E-state index contributed by atoms with van der Waals surface area (Å²) in [7, 11) is 3.41. The zero-order valence-corrected chi connectivity index (χ0v) is 11.7. The molecule has 0 spiro atoms. The fourth-order valence-electron chi connectivity index (χ4n) is 1.08. The Labute approximate surface area is 110 Å². The van der Waals surface area contributed by atoms with Gasteiger partial charge in [-0.25, -0.2) is 14.2 Å². The maximum atomic E-state index is 11.4. The van der Waals surface area contributed by atoms with Crippen LogP contribution in [0.5, 0.6) is 0 Å². The van der Waals surface area contributed by atoms with E-state index in [1.54, 1.807) is 32.8 Å². The van der Waals surface area contributed by atoms with Crippen LogP contribution in [0, 0.1) is 0 Å². The molecule has 1 heterocycles. The molecular formula is C8H14N4NaO2. The van der Waals surface area contributed by atoms with Crippen LogP contribution in [0.3, 0.4) is 0 Å². The van der Waals surface area contributed by atoms with E-state index in [4.69, 9.17) is 0 Å². The molecule has 0 saturated heterocycles. The summed E-state index contributed by atoms with van der Waals surface area (Å²) in [5.41, 5.74) is -0.948. The number of nitrogens with zero attached hydrogens (tertiary/aromatic N) is 3. The number of aromatic amines is 1. The Kier molecular flexibility index (Phi) is 5.27. The van der Waals surface area contributed by atoms with E-state index in [2.05, 4.69) is 9.97 Å². The van der Waals surface area contributed by atoms with Crippen LogP contribution in [0.2, 0.25) is 0 Å². The molecule has 7 heteroatoms. The quantitative estimate of drug-likeness (QED) is 0.663. The summed E-state index contributed by atoms with van der Waals surface area (Å²) in [5, 5.41) is 0. The minimum Gasteiger partial charge on any atom is -0.348 e. The number of aromatic nitrogens is 3. The predicted octanol–water partition coefficient (Wildman–Crippen LogP) is -0.802. The first-order valence-corrected chi connectivity index (χ1v) is 4.33. The summed E-state index contributed by atoms with van der Waals surface area (Å²) >= 11 is 0. The van der Waals surface area contributed by atoms with Crippen molar-refractivity contribution in [3.63, 3.8) is 0 Å². The van der Waals surface area contributed by atoms with Crippen molar-refractivity contribution in [2.24, 2.45) is 0 Å². The van der Waals surface area contributed by atoms with Crippen molar-refractivity contribution < 1.29 is 0 Å². The van der Waals surface area contributed by atoms with E-state index in [0.717, 1.165) is 4.57 Å². The molecule has 1 rings (SSSR count). The molecule has 6 nitrogen and oxygen atoms in total. The van der Waals surface area contributed by atoms with Crippen molar-refractivity contribution >= 4 is 35.5 Å². The Bertz CT molecular complexity index is 404. The molecule has 1 N–H and O–H groups in total. The third-order valence-electron chi connectivity index (χ3n) is 1.79. The van der Waals surface area contributed by atoms with Gasteiger partial charge in [-0.3, -0.25) is 4.98 Å². The molecule has 1 radical (unpaired) electrons. The van der Waals surface area contributed by atoms with E-state index in [-0.39, 0.29) is 41.5 Å². The molecule has 0 atom stereocenters. The van der Waals surface area contributed by atoms with Crippen LogP contribution in [0.1, 0.15) is 19.9 Å². The SMILES string of the molecule is CC(C)n1c(=O)nc(N(C)C)[nH]c1=O.[Na]. The molecule has 0 aromatic carbocycles. The van der Waals surface area contributed by atoms with Crippen LogP contribution >= 0.6 is 0 Å². The van der Waals surface area contributed by atoms with Crippen LogP contribution in [0.25, 0.3) is 0 Å². The molecular weight excluding hydrogens is 207 g/mol. The van der Waals surface area contributed by atoms with Gasteiger partial charge in [0, 0.05) is 49.7 Å². The summed E-state index contributed by atoms with van der Waals surface area (Å²) in [4.78, 5) is 30.7. The van der Waals surface area contributed by atoms with Gasteiger partial charge >= 0.3 is 11.4 Å². The van der Waals surface area contributed by atoms with Crippen molar-refractivity contribution in [3.8, 4) is 0 Å². The third kappa shape index (κ3) is 3.19. The van der Waals surface area contributed by atoms with Gasteiger partial charge in [0.05, 0.1) is 0 Å². The molecule has 0 saturated carbocycles. The van der Waals surface area contributed by atoms with Gasteiger partial charge in [0.2, 0.25) is 5.95 Å². The number of anilines is 1. The summed E-state index contributed by atoms with van der Waals surface area (Å²) in [6.45, 7) is 3.52. The average Bonchev–Trinajstić information content (AvgIpc) is 2.01. The predicted molar refractivity (Wildman–Crippen MR) is 59.6 cm³/mol. The van der Waals surface area contributed by atoms with E-state index < -0.39 is 11.4 Å². The van der Waals surface area contributed by atoms with E-state index in [0.29, 0.717) is 0 Å². The van der Waals surface area contributed by atoms with Gasteiger partial charge in [0.1, 0.15) is 0 Å². The van der Waals surface area contributed by atoms with Gasteiger partial charge in [-0.05, 0) is 13.8 Å². The summed E-state index contributed by atoms with van der Waals surface area (Å²) in [6.07, 6.45) is 0. The smallest absolute Gasteiger partial charge is 0.348 e. The topological polar surface area (TPSA) is 71.0 Å². The molecule has 0 fully saturated rings. The second-order valence-electron chi connectivity index (χ2n) is 3.51. The van der Waals surface area contributed by atoms with E-state index in [1.165, 1.54) is 0 Å². The Balaban J connectivity index is 0.00000196. The monoisotopic (exact) mass is 221 g/mol. The molecule has 1 aromatic rings. The zero-order valence-electron chi connectivity index (χ0n) is 9.74. The van der Waals surface area contributed by atoms with Crippen LogP contribution < -0.4 is 16.3 Å². The fourth-order valence-corrected chi connectivity index (χ4v) is 1.08. The van der Waals surface area contributed by atoms with Crippen molar-refractivity contribution in [3.05, 3.63) is 21.0 Å². The first kappa shape index (κ1) is 14.4. The minimum absolute atomic E-state index is 0. The Morgan fingerprint density at radius 2 is 1.87 bits per heavy atom. The summed E-state index contributed by atoms with van der Waals surface area (Å²) in [6, 6.07) is -0.185. The second-order valence-corrected chi connectivity index (χ2v) is 3.51. The van der Waals surface area contributed by atoms with Crippen molar-refractivity contribution in [2.45, 2.75) is 19.9 Å². The second kappa shape index (κ2) is 5.48. The molecule has 0 aliphatic carbocycles. The van der Waals surface area contributed by atoms with Gasteiger partial charge in [-0.1, -0.05) is 0 Å². The van der Waals surface area contributed by atoms with Gasteiger partial charge in [0.25, 0.3) is 0 Å². The van der Waals surface area contributed by atoms with E-state index in [1.807, 2.05) is 0 Å². The number of nitrogens with one attached hydrogen (secondary N) is 1. The number of hydrogen-bond donors (Lipinski definition) is 1. The normalized spacial score (nSPS) is 9.93. The average molecular weight is 221 g/mol. The van der Waals surface area contributed by atoms with Gasteiger partial charge in [-0.15, -0.1) is 0 Å². The molecule has 1 aromatic heterocycles.